The highest BCUT2D eigenvalue weighted by Crippen LogP contribution is 2.20. The van der Waals surface area contributed by atoms with Crippen molar-refractivity contribution in [3.63, 3.8) is 0 Å². The topological polar surface area (TPSA) is 36.4 Å². The third-order valence-corrected chi connectivity index (χ3v) is 2.77. The van der Waals surface area contributed by atoms with Crippen LogP contribution in [0.3, 0.4) is 0 Å². The average Bonchev–Trinajstić information content (AvgIpc) is 2.22. The van der Waals surface area contributed by atoms with Crippen LogP contribution in [0.2, 0.25) is 5.02 Å². The molecule has 1 aromatic carbocycles. The number of rotatable bonds is 2. The summed E-state index contributed by atoms with van der Waals surface area (Å²) in [6.07, 6.45) is 0. The highest BCUT2D eigenvalue weighted by molar-refractivity contribution is 9.10. The lowest BCUT2D eigenvalue weighted by molar-refractivity contribution is 0.866. The molecular formula is C10H13BrClN3. The lowest BCUT2D eigenvalue weighted by Gasteiger charge is -2.09. The third kappa shape index (κ3) is 3.72. The molecule has 1 aromatic rings. The van der Waals surface area contributed by atoms with Crippen LogP contribution in [0.5, 0.6) is 0 Å². The highest BCUT2D eigenvalue weighted by Gasteiger charge is 2.01. The number of halogens is 2. The number of nitrogens with one attached hydrogen (secondary N) is 2. The van der Waals surface area contributed by atoms with E-state index < -0.39 is 0 Å². The molecule has 0 radical (unpaired) electrons. The summed E-state index contributed by atoms with van der Waals surface area (Å²) in [5.74, 6) is 0.744. The molecule has 0 amide bonds. The van der Waals surface area contributed by atoms with Gasteiger partial charge in [0, 0.05) is 30.1 Å². The first-order chi connectivity index (χ1) is 7.17. The summed E-state index contributed by atoms with van der Waals surface area (Å²) >= 11 is 9.43. The van der Waals surface area contributed by atoms with E-state index >= 15 is 0 Å². The Morgan fingerprint density at radius 2 is 2.27 bits per heavy atom. The van der Waals surface area contributed by atoms with E-state index in [9.17, 15) is 0 Å². The number of hydrogen-bond donors (Lipinski definition) is 2. The monoisotopic (exact) mass is 289 g/mol. The lowest BCUT2D eigenvalue weighted by Crippen LogP contribution is -2.34. The number of hydrogen-bond acceptors (Lipinski definition) is 1. The van der Waals surface area contributed by atoms with E-state index in [-0.39, 0.29) is 0 Å². The Morgan fingerprint density at radius 1 is 1.53 bits per heavy atom. The van der Waals surface area contributed by atoms with Crippen molar-refractivity contribution >= 4 is 33.5 Å². The predicted octanol–water partition coefficient (Wildman–Crippen LogP) is 2.40. The Balaban J connectivity index is 2.65. The van der Waals surface area contributed by atoms with Gasteiger partial charge in [0.15, 0.2) is 5.96 Å². The smallest absolute Gasteiger partial charge is 0.190 e. The van der Waals surface area contributed by atoms with Crippen molar-refractivity contribution in [3.8, 4) is 0 Å². The number of benzene rings is 1. The van der Waals surface area contributed by atoms with Gasteiger partial charge in [-0.1, -0.05) is 33.6 Å². The summed E-state index contributed by atoms with van der Waals surface area (Å²) < 4.78 is 0.981. The summed E-state index contributed by atoms with van der Waals surface area (Å²) in [5.41, 5.74) is 1.04. The Bertz CT molecular complexity index is 366. The molecule has 0 saturated heterocycles. The van der Waals surface area contributed by atoms with E-state index in [0.717, 1.165) is 21.0 Å². The molecule has 2 N–H and O–H groups in total. The van der Waals surface area contributed by atoms with Crippen LogP contribution < -0.4 is 10.6 Å². The van der Waals surface area contributed by atoms with Crippen molar-refractivity contribution in [2.45, 2.75) is 6.54 Å². The van der Waals surface area contributed by atoms with Crippen molar-refractivity contribution in [1.29, 1.82) is 0 Å². The van der Waals surface area contributed by atoms with Crippen molar-refractivity contribution in [2.24, 2.45) is 4.99 Å². The molecule has 0 aliphatic rings. The summed E-state index contributed by atoms with van der Waals surface area (Å²) in [6, 6.07) is 5.81. The van der Waals surface area contributed by atoms with E-state index in [4.69, 9.17) is 11.6 Å². The molecule has 15 heavy (non-hydrogen) atoms. The van der Waals surface area contributed by atoms with Crippen molar-refractivity contribution in [1.82, 2.24) is 10.6 Å². The number of aliphatic imine (C=N–C) groups is 1. The van der Waals surface area contributed by atoms with E-state index in [2.05, 4.69) is 31.6 Å². The number of guanidine groups is 1. The van der Waals surface area contributed by atoms with Gasteiger partial charge in [-0.05, 0) is 17.7 Å². The van der Waals surface area contributed by atoms with E-state index in [0.29, 0.717) is 6.54 Å². The van der Waals surface area contributed by atoms with Crippen LogP contribution in [0.25, 0.3) is 0 Å². The molecular weight excluding hydrogens is 277 g/mol. The van der Waals surface area contributed by atoms with E-state index in [1.165, 1.54) is 0 Å². The zero-order valence-corrected chi connectivity index (χ0v) is 11.0. The maximum Gasteiger partial charge on any atom is 0.190 e. The van der Waals surface area contributed by atoms with Crippen LogP contribution in [0.4, 0.5) is 0 Å². The largest absolute Gasteiger partial charge is 0.359 e. The van der Waals surface area contributed by atoms with Gasteiger partial charge in [-0.25, -0.2) is 0 Å². The normalized spacial score (nSPS) is 11.3. The van der Waals surface area contributed by atoms with Crippen LogP contribution in [0.15, 0.2) is 27.7 Å². The summed E-state index contributed by atoms with van der Waals surface area (Å²) in [4.78, 5) is 4.01. The molecule has 0 aliphatic heterocycles. The fourth-order valence-corrected chi connectivity index (χ4v) is 1.86. The van der Waals surface area contributed by atoms with Crippen molar-refractivity contribution < 1.29 is 0 Å². The molecule has 0 fully saturated rings. The standard InChI is InChI=1S/C10H13BrClN3/c1-13-10(14-2)15-6-7-3-4-8(11)5-9(7)12/h3-5H,6H2,1-2H3,(H2,13,14,15). The maximum absolute atomic E-state index is 6.07. The zero-order chi connectivity index (χ0) is 11.3. The average molecular weight is 291 g/mol. The minimum absolute atomic E-state index is 0.652. The first-order valence-electron chi connectivity index (χ1n) is 4.49. The Morgan fingerprint density at radius 3 is 2.80 bits per heavy atom. The van der Waals surface area contributed by atoms with Gasteiger partial charge in [0.25, 0.3) is 0 Å². The SMILES string of the molecule is CN=C(NC)NCc1ccc(Br)cc1Cl. The second kappa shape index (κ2) is 5.98. The van der Waals surface area contributed by atoms with Crippen LogP contribution in [0.1, 0.15) is 5.56 Å². The van der Waals surface area contributed by atoms with Crippen molar-refractivity contribution in [2.75, 3.05) is 14.1 Å². The second-order valence-corrected chi connectivity index (χ2v) is 4.23. The zero-order valence-electron chi connectivity index (χ0n) is 8.64. The first kappa shape index (κ1) is 12.3. The van der Waals surface area contributed by atoms with Gasteiger partial charge in [-0.2, -0.15) is 0 Å². The van der Waals surface area contributed by atoms with Gasteiger partial charge in [0.2, 0.25) is 0 Å². The maximum atomic E-state index is 6.07. The van der Waals surface area contributed by atoms with Gasteiger partial charge >= 0.3 is 0 Å². The quantitative estimate of drug-likeness (QED) is 0.648. The molecule has 0 saturated carbocycles. The fourth-order valence-electron chi connectivity index (χ4n) is 1.12. The van der Waals surface area contributed by atoms with E-state index in [1.807, 2.05) is 25.2 Å². The second-order valence-electron chi connectivity index (χ2n) is 2.91. The molecule has 0 spiro atoms. The molecule has 3 nitrogen and oxygen atoms in total. The molecule has 0 unspecified atom stereocenters. The lowest BCUT2D eigenvalue weighted by atomic mass is 10.2. The Hall–Kier alpha value is -0.740. The van der Waals surface area contributed by atoms with Gasteiger partial charge in [-0.15, -0.1) is 0 Å². The summed E-state index contributed by atoms with van der Waals surface area (Å²) in [5, 5.41) is 6.81. The molecule has 0 aromatic heterocycles. The highest BCUT2D eigenvalue weighted by atomic mass is 79.9. The van der Waals surface area contributed by atoms with Gasteiger partial charge in [0.1, 0.15) is 0 Å². The van der Waals surface area contributed by atoms with Crippen LogP contribution in [0, 0.1) is 0 Å². The minimum atomic E-state index is 0.652. The summed E-state index contributed by atoms with van der Waals surface area (Å²) in [7, 11) is 3.54. The molecule has 1 rings (SSSR count). The molecule has 82 valence electrons. The Kier molecular flexibility index (Phi) is 4.91. The summed E-state index contributed by atoms with van der Waals surface area (Å²) in [6.45, 7) is 0.652. The predicted molar refractivity (Wildman–Crippen MR) is 68.4 cm³/mol. The molecule has 5 heteroatoms. The van der Waals surface area contributed by atoms with Crippen LogP contribution in [-0.4, -0.2) is 20.1 Å². The number of nitrogens with zero attached hydrogens (tertiary/aromatic N) is 1. The molecule has 0 heterocycles. The molecule has 0 atom stereocenters. The van der Waals surface area contributed by atoms with Crippen LogP contribution >= 0.6 is 27.5 Å². The van der Waals surface area contributed by atoms with Gasteiger partial charge in [0.05, 0.1) is 0 Å². The molecule has 0 aliphatic carbocycles. The first-order valence-corrected chi connectivity index (χ1v) is 5.66. The van der Waals surface area contributed by atoms with Gasteiger partial charge in [-0.3, -0.25) is 4.99 Å². The fraction of sp³-hybridized carbons (Fsp3) is 0.300. The van der Waals surface area contributed by atoms with Crippen LogP contribution in [-0.2, 0) is 6.54 Å². The molecule has 0 bridgehead atoms. The minimum Gasteiger partial charge on any atom is -0.359 e. The van der Waals surface area contributed by atoms with E-state index in [1.54, 1.807) is 7.05 Å². The Labute approximate surface area is 103 Å². The van der Waals surface area contributed by atoms with Gasteiger partial charge < -0.3 is 10.6 Å². The third-order valence-electron chi connectivity index (χ3n) is 1.92. The van der Waals surface area contributed by atoms with Crippen molar-refractivity contribution in [3.05, 3.63) is 33.3 Å².